The van der Waals surface area contributed by atoms with Crippen molar-refractivity contribution in [3.05, 3.63) is 76.3 Å². The molecule has 1 heterocycles. The van der Waals surface area contributed by atoms with Crippen LogP contribution in [0, 0.1) is 6.92 Å². The Morgan fingerprint density at radius 1 is 1.00 bits per heavy atom. The Labute approximate surface area is 181 Å². The molecule has 0 aromatic heterocycles. The Balaban J connectivity index is 1.46. The summed E-state index contributed by atoms with van der Waals surface area (Å²) in [5, 5.41) is 3.90. The first kappa shape index (κ1) is 20.2. The monoisotopic (exact) mass is 425 g/mol. The predicted molar refractivity (Wildman–Crippen MR) is 118 cm³/mol. The van der Waals surface area contributed by atoms with Crippen LogP contribution in [0.5, 0.6) is 23.0 Å². The van der Waals surface area contributed by atoms with E-state index in [1.165, 1.54) is 5.56 Å². The summed E-state index contributed by atoms with van der Waals surface area (Å²) in [7, 11) is 1.62. The molecule has 3 aromatic rings. The van der Waals surface area contributed by atoms with Gasteiger partial charge < -0.3 is 24.3 Å². The molecule has 1 aliphatic heterocycles. The molecule has 0 saturated carbocycles. The van der Waals surface area contributed by atoms with E-state index in [0.29, 0.717) is 42.9 Å². The fourth-order valence-electron chi connectivity index (χ4n) is 3.29. The van der Waals surface area contributed by atoms with Gasteiger partial charge in [0.05, 0.1) is 12.1 Å². The third-order valence-electron chi connectivity index (χ3n) is 4.96. The molecule has 4 rings (SSSR count). The number of anilines is 1. The zero-order valence-corrected chi connectivity index (χ0v) is 17.8. The van der Waals surface area contributed by atoms with E-state index in [1.54, 1.807) is 7.11 Å². The molecule has 0 amide bonds. The summed E-state index contributed by atoms with van der Waals surface area (Å²) in [6.45, 7) is 4.21. The highest BCUT2D eigenvalue weighted by Gasteiger charge is 2.14. The fraction of sp³-hybridized carbons (Fsp3) is 0.250. The van der Waals surface area contributed by atoms with Crippen LogP contribution in [0.1, 0.15) is 16.7 Å². The molecule has 0 radical (unpaired) electrons. The second kappa shape index (κ2) is 9.18. The van der Waals surface area contributed by atoms with E-state index in [2.05, 4.69) is 18.3 Å². The number of hydrogen-bond acceptors (Lipinski definition) is 5. The van der Waals surface area contributed by atoms with Crippen LogP contribution in [0.2, 0.25) is 5.02 Å². The van der Waals surface area contributed by atoms with Crippen LogP contribution in [0.15, 0.2) is 54.6 Å². The quantitative estimate of drug-likeness (QED) is 0.532. The highest BCUT2D eigenvalue weighted by Crippen LogP contribution is 2.38. The molecule has 156 valence electrons. The highest BCUT2D eigenvalue weighted by atomic mass is 35.5. The number of halogens is 1. The number of nitrogens with one attached hydrogen (secondary N) is 1. The van der Waals surface area contributed by atoms with Gasteiger partial charge in [0.2, 0.25) is 0 Å². The number of methoxy groups -OCH3 is 1. The predicted octanol–water partition coefficient (Wildman–Crippen LogP) is 5.62. The van der Waals surface area contributed by atoms with E-state index in [-0.39, 0.29) is 0 Å². The van der Waals surface area contributed by atoms with Crippen molar-refractivity contribution in [1.29, 1.82) is 0 Å². The maximum absolute atomic E-state index is 6.53. The number of benzene rings is 3. The van der Waals surface area contributed by atoms with Crippen LogP contribution in [-0.2, 0) is 13.2 Å². The van der Waals surface area contributed by atoms with Crippen molar-refractivity contribution in [3.8, 4) is 23.0 Å². The SMILES string of the molecule is COc1cc(CNc2ccc3c(c2)OCCO3)cc(Cl)c1OCc1ccccc1C. The lowest BCUT2D eigenvalue weighted by molar-refractivity contribution is 0.171. The zero-order valence-electron chi connectivity index (χ0n) is 17.0. The lowest BCUT2D eigenvalue weighted by Gasteiger charge is -2.19. The van der Waals surface area contributed by atoms with E-state index in [9.17, 15) is 0 Å². The normalized spacial score (nSPS) is 12.4. The summed E-state index contributed by atoms with van der Waals surface area (Å²) in [6, 6.07) is 17.7. The third-order valence-corrected chi connectivity index (χ3v) is 5.24. The minimum atomic E-state index is 0.428. The van der Waals surface area contributed by atoms with Gasteiger partial charge in [0.15, 0.2) is 23.0 Å². The van der Waals surface area contributed by atoms with Gasteiger partial charge in [0.1, 0.15) is 19.8 Å². The summed E-state index contributed by atoms with van der Waals surface area (Å²) in [5.74, 6) is 2.68. The molecule has 6 heteroatoms. The van der Waals surface area contributed by atoms with E-state index < -0.39 is 0 Å². The Morgan fingerprint density at radius 2 is 1.80 bits per heavy atom. The molecule has 0 aliphatic carbocycles. The van der Waals surface area contributed by atoms with Gasteiger partial charge in [-0.1, -0.05) is 35.9 Å². The average molecular weight is 426 g/mol. The van der Waals surface area contributed by atoms with Gasteiger partial charge in [-0.2, -0.15) is 0 Å². The molecule has 0 unspecified atom stereocenters. The van der Waals surface area contributed by atoms with Crippen LogP contribution < -0.4 is 24.3 Å². The number of fused-ring (bicyclic) bond motifs is 1. The Hall–Kier alpha value is -3.05. The molecule has 1 N–H and O–H groups in total. The second-order valence-corrected chi connectivity index (χ2v) is 7.44. The summed E-state index contributed by atoms with van der Waals surface area (Å²) >= 11 is 6.53. The van der Waals surface area contributed by atoms with Gasteiger partial charge in [-0.15, -0.1) is 0 Å². The number of hydrogen-bond donors (Lipinski definition) is 1. The molecular formula is C24H24ClNO4. The maximum Gasteiger partial charge on any atom is 0.180 e. The van der Waals surface area contributed by atoms with Crippen molar-refractivity contribution >= 4 is 17.3 Å². The smallest absolute Gasteiger partial charge is 0.180 e. The lowest BCUT2D eigenvalue weighted by Crippen LogP contribution is -2.15. The average Bonchev–Trinajstić information content (AvgIpc) is 2.77. The van der Waals surface area contributed by atoms with Crippen molar-refractivity contribution < 1.29 is 18.9 Å². The van der Waals surface area contributed by atoms with Gasteiger partial charge in [-0.3, -0.25) is 0 Å². The standard InChI is InChI=1S/C24H24ClNO4/c1-16-5-3-4-6-18(16)15-30-24-20(25)11-17(12-23(24)27-2)14-26-19-7-8-21-22(13-19)29-10-9-28-21/h3-8,11-13,26H,9-10,14-15H2,1-2H3. The molecule has 0 atom stereocenters. The van der Waals surface area contributed by atoms with E-state index in [1.807, 2.05) is 48.5 Å². The number of ether oxygens (including phenoxy) is 4. The summed E-state index contributed by atoms with van der Waals surface area (Å²) < 4.78 is 22.7. The van der Waals surface area contributed by atoms with Crippen molar-refractivity contribution in [1.82, 2.24) is 0 Å². The maximum atomic E-state index is 6.53. The summed E-state index contributed by atoms with van der Waals surface area (Å²) in [6.07, 6.45) is 0. The molecule has 30 heavy (non-hydrogen) atoms. The van der Waals surface area contributed by atoms with Gasteiger partial charge in [-0.05, 0) is 47.9 Å². The Bertz CT molecular complexity index is 1040. The van der Waals surface area contributed by atoms with Crippen LogP contribution in [-0.4, -0.2) is 20.3 Å². The third kappa shape index (κ3) is 4.57. The van der Waals surface area contributed by atoms with E-state index in [4.69, 9.17) is 30.5 Å². The van der Waals surface area contributed by atoms with Crippen molar-refractivity contribution in [2.75, 3.05) is 25.6 Å². The van der Waals surface area contributed by atoms with E-state index in [0.717, 1.165) is 28.3 Å². The Kier molecular flexibility index (Phi) is 6.19. The molecular weight excluding hydrogens is 402 g/mol. The van der Waals surface area contributed by atoms with Gasteiger partial charge in [-0.25, -0.2) is 0 Å². The minimum Gasteiger partial charge on any atom is -0.493 e. The number of aryl methyl sites for hydroxylation is 1. The first-order valence-corrected chi connectivity index (χ1v) is 10.2. The van der Waals surface area contributed by atoms with Crippen LogP contribution in [0.25, 0.3) is 0 Å². The zero-order chi connectivity index (χ0) is 20.9. The van der Waals surface area contributed by atoms with Crippen LogP contribution in [0.3, 0.4) is 0 Å². The van der Waals surface area contributed by atoms with Gasteiger partial charge in [0.25, 0.3) is 0 Å². The molecule has 1 aliphatic rings. The van der Waals surface area contributed by atoms with E-state index >= 15 is 0 Å². The second-order valence-electron chi connectivity index (χ2n) is 7.04. The summed E-state index contributed by atoms with van der Waals surface area (Å²) in [4.78, 5) is 0. The van der Waals surface area contributed by atoms with Crippen molar-refractivity contribution in [2.45, 2.75) is 20.1 Å². The Morgan fingerprint density at radius 3 is 2.60 bits per heavy atom. The molecule has 0 spiro atoms. The highest BCUT2D eigenvalue weighted by molar-refractivity contribution is 6.32. The molecule has 0 saturated heterocycles. The molecule has 3 aromatic carbocycles. The minimum absolute atomic E-state index is 0.428. The van der Waals surface area contributed by atoms with Crippen LogP contribution in [0.4, 0.5) is 5.69 Å². The molecule has 5 nitrogen and oxygen atoms in total. The first-order chi connectivity index (χ1) is 14.6. The number of rotatable bonds is 7. The van der Waals surface area contributed by atoms with Crippen molar-refractivity contribution in [2.24, 2.45) is 0 Å². The molecule has 0 fully saturated rings. The van der Waals surface area contributed by atoms with Crippen molar-refractivity contribution in [3.63, 3.8) is 0 Å². The summed E-state index contributed by atoms with van der Waals surface area (Å²) in [5.41, 5.74) is 4.21. The lowest BCUT2D eigenvalue weighted by atomic mass is 10.1. The largest absolute Gasteiger partial charge is 0.493 e. The fourth-order valence-corrected chi connectivity index (χ4v) is 3.58. The van der Waals surface area contributed by atoms with Gasteiger partial charge >= 0.3 is 0 Å². The topological polar surface area (TPSA) is 49.0 Å². The molecule has 0 bridgehead atoms. The van der Waals surface area contributed by atoms with Crippen LogP contribution >= 0.6 is 11.6 Å². The first-order valence-electron chi connectivity index (χ1n) is 9.81. The van der Waals surface area contributed by atoms with Gasteiger partial charge in [0, 0.05) is 18.3 Å².